The Balaban J connectivity index is 1.52. The van der Waals surface area contributed by atoms with Gasteiger partial charge >= 0.3 is 0 Å². The molecule has 1 aromatic carbocycles. The number of carbonyl (C=O) groups is 3. The number of allylic oxidation sites excluding steroid dienone is 2. The van der Waals surface area contributed by atoms with Gasteiger partial charge in [0, 0.05) is 0 Å². The van der Waals surface area contributed by atoms with Crippen molar-refractivity contribution < 1.29 is 14.4 Å². The van der Waals surface area contributed by atoms with Crippen LogP contribution in [0.25, 0.3) is 11.0 Å². The predicted molar refractivity (Wildman–Crippen MR) is 91.4 cm³/mol. The van der Waals surface area contributed by atoms with Crippen molar-refractivity contribution in [1.29, 1.82) is 0 Å². The van der Waals surface area contributed by atoms with Crippen LogP contribution in [0.2, 0.25) is 0 Å². The number of carbonyl (C=O) groups excluding carboxylic acids is 3. The minimum absolute atomic E-state index is 0.258. The molecule has 25 heavy (non-hydrogen) atoms. The van der Waals surface area contributed by atoms with Gasteiger partial charge in [-0.15, -0.1) is 0 Å². The summed E-state index contributed by atoms with van der Waals surface area (Å²) in [6.07, 6.45) is 4.97. The number of rotatable bonds is 3. The molecule has 2 unspecified atom stereocenters. The summed E-state index contributed by atoms with van der Waals surface area (Å²) in [7, 11) is 0. The number of anilines is 1. The molecule has 0 spiro atoms. The standard InChI is InChI=1S/C18H18N4O3/c1-10(22-16(24)11-6-2-3-7-12(11)17(22)25)15(23)21-18-19-13-8-4-5-9-14(13)20-18/h2-5,8-12H,6-7H2,1H3,(H2,19,20,21,23)/t10-,11?,12?/m0/s1. The molecular formula is C18H18N4O3. The highest BCUT2D eigenvalue weighted by molar-refractivity contribution is 6.09. The summed E-state index contributed by atoms with van der Waals surface area (Å²) in [5, 5.41) is 2.66. The lowest BCUT2D eigenvalue weighted by atomic mass is 9.85. The molecule has 3 atom stereocenters. The number of hydrogen-bond donors (Lipinski definition) is 2. The van der Waals surface area contributed by atoms with Gasteiger partial charge in [0.2, 0.25) is 23.7 Å². The molecule has 2 aromatic rings. The molecule has 3 amide bonds. The molecule has 1 saturated heterocycles. The number of hydrogen-bond acceptors (Lipinski definition) is 4. The smallest absolute Gasteiger partial charge is 0.249 e. The summed E-state index contributed by atoms with van der Waals surface area (Å²) in [4.78, 5) is 46.1. The van der Waals surface area contributed by atoms with Crippen molar-refractivity contribution in [2.75, 3.05) is 5.32 Å². The maximum Gasteiger partial charge on any atom is 0.249 e. The first-order valence-electron chi connectivity index (χ1n) is 8.34. The molecule has 128 valence electrons. The van der Waals surface area contributed by atoms with Crippen molar-refractivity contribution in [3.63, 3.8) is 0 Å². The van der Waals surface area contributed by atoms with Crippen molar-refractivity contribution in [3.05, 3.63) is 36.4 Å². The molecule has 1 aliphatic heterocycles. The number of aromatic nitrogens is 2. The molecule has 2 N–H and O–H groups in total. The lowest BCUT2D eigenvalue weighted by molar-refractivity contribution is -0.146. The Hall–Kier alpha value is -2.96. The van der Waals surface area contributed by atoms with E-state index in [-0.39, 0.29) is 23.7 Å². The van der Waals surface area contributed by atoms with E-state index in [1.165, 1.54) is 0 Å². The molecular weight excluding hydrogens is 320 g/mol. The predicted octanol–water partition coefficient (Wildman–Crippen LogP) is 1.84. The number of likely N-dealkylation sites (tertiary alicyclic amines) is 1. The first-order valence-corrected chi connectivity index (χ1v) is 8.34. The number of H-pyrrole nitrogens is 1. The highest BCUT2D eigenvalue weighted by Gasteiger charge is 2.50. The van der Waals surface area contributed by atoms with Crippen molar-refractivity contribution in [2.24, 2.45) is 11.8 Å². The average molecular weight is 338 g/mol. The highest BCUT2D eigenvalue weighted by Crippen LogP contribution is 2.36. The number of aromatic amines is 1. The van der Waals surface area contributed by atoms with E-state index in [0.29, 0.717) is 18.8 Å². The monoisotopic (exact) mass is 338 g/mol. The fourth-order valence-corrected chi connectivity index (χ4v) is 3.56. The normalized spacial score (nSPS) is 23.8. The molecule has 0 saturated carbocycles. The Morgan fingerprint density at radius 3 is 2.48 bits per heavy atom. The van der Waals surface area contributed by atoms with Gasteiger partial charge in [-0.1, -0.05) is 24.3 Å². The Labute approximate surface area is 144 Å². The summed E-state index contributed by atoms with van der Waals surface area (Å²) in [6, 6.07) is 6.53. The van der Waals surface area contributed by atoms with E-state index in [0.717, 1.165) is 15.9 Å². The average Bonchev–Trinajstić information content (AvgIpc) is 3.13. The van der Waals surface area contributed by atoms with E-state index in [9.17, 15) is 14.4 Å². The van der Waals surface area contributed by atoms with Crippen LogP contribution in [0, 0.1) is 11.8 Å². The molecule has 1 aliphatic carbocycles. The SMILES string of the molecule is C[C@@H](C(=O)Nc1nc2ccccc2[nH]1)N1C(=O)C2CC=CCC2C1=O. The van der Waals surface area contributed by atoms with Crippen LogP contribution < -0.4 is 5.32 Å². The maximum absolute atomic E-state index is 12.6. The third-order valence-corrected chi connectivity index (χ3v) is 4.94. The lowest BCUT2D eigenvalue weighted by Gasteiger charge is -2.21. The van der Waals surface area contributed by atoms with Crippen molar-refractivity contribution in [3.8, 4) is 0 Å². The molecule has 0 bridgehead atoms. The van der Waals surface area contributed by atoms with E-state index < -0.39 is 11.9 Å². The van der Waals surface area contributed by atoms with Gasteiger partial charge in [-0.2, -0.15) is 0 Å². The largest absolute Gasteiger partial charge is 0.324 e. The molecule has 4 rings (SSSR count). The van der Waals surface area contributed by atoms with E-state index in [1.54, 1.807) is 6.92 Å². The first-order chi connectivity index (χ1) is 12.1. The zero-order valence-corrected chi connectivity index (χ0v) is 13.7. The lowest BCUT2D eigenvalue weighted by Crippen LogP contribution is -2.46. The third-order valence-electron chi connectivity index (χ3n) is 4.94. The van der Waals surface area contributed by atoms with Crippen LogP contribution in [0.15, 0.2) is 36.4 Å². The van der Waals surface area contributed by atoms with Crippen LogP contribution in [-0.2, 0) is 14.4 Å². The Bertz CT molecular complexity index is 842. The second kappa shape index (κ2) is 5.84. The molecule has 1 aromatic heterocycles. The summed E-state index contributed by atoms with van der Waals surface area (Å²) in [5.74, 6) is -1.32. The van der Waals surface area contributed by atoms with Crippen molar-refractivity contribution in [1.82, 2.24) is 14.9 Å². The number of imidazole rings is 1. The second-order valence-corrected chi connectivity index (χ2v) is 6.47. The quantitative estimate of drug-likeness (QED) is 0.659. The number of benzene rings is 1. The van der Waals surface area contributed by atoms with E-state index in [4.69, 9.17) is 0 Å². The number of para-hydroxylation sites is 2. The van der Waals surface area contributed by atoms with Gasteiger partial charge in [0.05, 0.1) is 22.9 Å². The minimum atomic E-state index is -0.876. The summed E-state index contributed by atoms with van der Waals surface area (Å²) < 4.78 is 0. The maximum atomic E-state index is 12.6. The number of amides is 3. The van der Waals surface area contributed by atoms with Crippen LogP contribution in [0.4, 0.5) is 5.95 Å². The fourth-order valence-electron chi connectivity index (χ4n) is 3.56. The Morgan fingerprint density at radius 1 is 1.20 bits per heavy atom. The zero-order chi connectivity index (χ0) is 17.6. The van der Waals surface area contributed by atoms with Crippen LogP contribution >= 0.6 is 0 Å². The van der Waals surface area contributed by atoms with Gasteiger partial charge in [0.15, 0.2) is 0 Å². The molecule has 7 nitrogen and oxygen atoms in total. The van der Waals surface area contributed by atoms with Gasteiger partial charge in [0.25, 0.3) is 0 Å². The van der Waals surface area contributed by atoms with Crippen LogP contribution in [0.5, 0.6) is 0 Å². The molecule has 7 heteroatoms. The van der Waals surface area contributed by atoms with Gasteiger partial charge in [0.1, 0.15) is 6.04 Å². The Morgan fingerprint density at radius 2 is 1.84 bits per heavy atom. The number of imide groups is 1. The number of nitrogens with zero attached hydrogens (tertiary/aromatic N) is 2. The fraction of sp³-hybridized carbons (Fsp3) is 0.333. The second-order valence-electron chi connectivity index (χ2n) is 6.47. The van der Waals surface area contributed by atoms with E-state index in [1.807, 2.05) is 36.4 Å². The van der Waals surface area contributed by atoms with Gasteiger partial charge in [-0.05, 0) is 31.9 Å². The van der Waals surface area contributed by atoms with Crippen LogP contribution in [0.3, 0.4) is 0 Å². The molecule has 2 aliphatic rings. The van der Waals surface area contributed by atoms with E-state index >= 15 is 0 Å². The molecule has 0 radical (unpaired) electrons. The Kier molecular flexibility index (Phi) is 3.63. The third kappa shape index (κ3) is 2.52. The van der Waals surface area contributed by atoms with Crippen LogP contribution in [-0.4, -0.2) is 38.6 Å². The van der Waals surface area contributed by atoms with Crippen molar-refractivity contribution in [2.45, 2.75) is 25.8 Å². The topological polar surface area (TPSA) is 95.2 Å². The zero-order valence-electron chi connectivity index (χ0n) is 13.7. The van der Waals surface area contributed by atoms with Gasteiger partial charge in [-0.3, -0.25) is 24.6 Å². The van der Waals surface area contributed by atoms with Crippen molar-refractivity contribution >= 4 is 34.7 Å². The summed E-state index contributed by atoms with van der Waals surface area (Å²) in [6.45, 7) is 1.57. The van der Waals surface area contributed by atoms with Gasteiger partial charge in [-0.25, -0.2) is 4.98 Å². The summed E-state index contributed by atoms with van der Waals surface area (Å²) >= 11 is 0. The number of fused-ring (bicyclic) bond motifs is 2. The molecule has 2 heterocycles. The minimum Gasteiger partial charge on any atom is -0.324 e. The van der Waals surface area contributed by atoms with Crippen LogP contribution in [0.1, 0.15) is 19.8 Å². The van der Waals surface area contributed by atoms with E-state index in [2.05, 4.69) is 15.3 Å². The number of nitrogens with one attached hydrogen (secondary N) is 2. The summed E-state index contributed by atoms with van der Waals surface area (Å²) in [5.41, 5.74) is 1.53. The highest BCUT2D eigenvalue weighted by atomic mass is 16.2. The van der Waals surface area contributed by atoms with Gasteiger partial charge < -0.3 is 4.98 Å². The first kappa shape index (κ1) is 15.6. The molecule has 1 fully saturated rings.